The van der Waals surface area contributed by atoms with Crippen LogP contribution in [0, 0.1) is 29.1 Å². The van der Waals surface area contributed by atoms with Crippen molar-refractivity contribution in [2.45, 2.75) is 243 Å². The molecule has 4 aromatic rings. The molecule has 0 fully saturated rings. The van der Waals surface area contributed by atoms with Crippen LogP contribution in [-0.2, 0) is 71.3 Å². The highest BCUT2D eigenvalue weighted by atomic mass is 16.6. The van der Waals surface area contributed by atoms with Gasteiger partial charge in [0.25, 0.3) is 0 Å². The molecule has 0 spiro atoms. The lowest BCUT2D eigenvalue weighted by molar-refractivity contribution is -0.155. The smallest absolute Gasteiger partial charge is 0.331 e. The highest BCUT2D eigenvalue weighted by molar-refractivity contribution is 5.89. The van der Waals surface area contributed by atoms with E-state index in [0.29, 0.717) is 69.7 Å². The molecule has 0 aliphatic heterocycles. The standard InChI is InChI=1S/C94H142O19/c1-15-25-29-76(19-5)61-106-84-45-33-80(34-46-84)41-53-90(95)110-72(11)57-100-65-88(104-59-74(13)112-92(97)55-43-82-37-49-86(50-38-82)108-63-78(21-7)31-27-17-3)67-102-70-94(23-9,69-99-24-10)71-103-68-89(105-60-75(14)113-93(98)56-44-83-39-51-87(52-40-83)109-64-79(22-8)32-28-18-4)66-101-58-73(12)111-91(96)54-42-81-35-47-85(48-36-81)107-62-77(20-6)30-26-16-2/h33-56,72-79,88-89H,15-32,57-71H2,1-14H3/b53-41+,54-42+,55-43+,56-44+. The van der Waals surface area contributed by atoms with E-state index in [1.54, 1.807) is 52.0 Å². The van der Waals surface area contributed by atoms with Crippen LogP contribution in [0.25, 0.3) is 24.3 Å². The zero-order valence-corrected chi connectivity index (χ0v) is 71.2. The van der Waals surface area contributed by atoms with Gasteiger partial charge in [0, 0.05) is 36.3 Å². The lowest BCUT2D eigenvalue weighted by Gasteiger charge is -2.33. The molecule has 0 bridgehead atoms. The first-order valence-electron chi connectivity index (χ1n) is 42.4. The molecule has 4 rings (SSSR count). The predicted molar refractivity (Wildman–Crippen MR) is 451 cm³/mol. The van der Waals surface area contributed by atoms with Crippen LogP contribution in [0.15, 0.2) is 121 Å². The Morgan fingerprint density at radius 1 is 0.310 bits per heavy atom. The van der Waals surface area contributed by atoms with Crippen molar-refractivity contribution >= 4 is 48.2 Å². The molecule has 10 atom stereocenters. The van der Waals surface area contributed by atoms with E-state index in [1.165, 1.54) is 50.0 Å². The van der Waals surface area contributed by atoms with Crippen LogP contribution >= 0.6 is 0 Å². The third kappa shape index (κ3) is 44.9. The number of carbonyl (C=O) groups excluding carboxylic acids is 4. The Morgan fingerprint density at radius 2 is 0.558 bits per heavy atom. The quantitative estimate of drug-likeness (QED) is 0.0229. The second-order valence-corrected chi connectivity index (χ2v) is 30.0. The van der Waals surface area contributed by atoms with Gasteiger partial charge in [-0.25, -0.2) is 19.2 Å². The summed E-state index contributed by atoms with van der Waals surface area (Å²) in [6, 6.07) is 30.5. The number of hydrogen-bond donors (Lipinski definition) is 0. The topological polar surface area (TPSA) is 207 Å². The molecule has 4 aromatic carbocycles. The van der Waals surface area contributed by atoms with Crippen molar-refractivity contribution in [2.24, 2.45) is 29.1 Å². The lowest BCUT2D eigenvalue weighted by atomic mass is 9.88. The highest BCUT2D eigenvalue weighted by Crippen LogP contribution is 2.27. The van der Waals surface area contributed by atoms with Crippen LogP contribution in [0.3, 0.4) is 0 Å². The average molecular weight is 1580 g/mol. The monoisotopic (exact) mass is 1580 g/mol. The van der Waals surface area contributed by atoms with Crippen molar-refractivity contribution in [3.05, 3.63) is 144 Å². The van der Waals surface area contributed by atoms with Crippen molar-refractivity contribution in [2.75, 3.05) is 106 Å². The summed E-state index contributed by atoms with van der Waals surface area (Å²) in [6.45, 7) is 32.7. The molecule has 113 heavy (non-hydrogen) atoms. The van der Waals surface area contributed by atoms with Crippen LogP contribution in [0.1, 0.15) is 228 Å². The van der Waals surface area contributed by atoms with Gasteiger partial charge in [0.1, 0.15) is 59.6 Å². The number of carbonyl (C=O) groups is 4. The SMILES string of the molecule is CCCCC(CC)COc1ccc(/C=C/C(=O)OC(C)COCC(COCC(CC)(COCC)COCC(COCC(C)OC(=O)/C=C/c2ccc(OCC(CC)CCCC)cc2)OCC(C)OC(=O)/C=C/c2ccc(OCC(CC)CCCC)cc2)OCC(C)OC(=O)/C=C/c2ccc(OCC(CC)CCCC)cc2)cc1. The fourth-order valence-corrected chi connectivity index (χ4v) is 12.0. The number of unbranched alkanes of at least 4 members (excludes halogenated alkanes) is 4. The molecule has 10 unspecified atom stereocenters. The summed E-state index contributed by atoms with van der Waals surface area (Å²) in [5.41, 5.74) is 2.63. The van der Waals surface area contributed by atoms with E-state index < -0.39 is 65.9 Å². The second kappa shape index (κ2) is 60.2. The van der Waals surface area contributed by atoms with Crippen LogP contribution in [-0.4, -0.2) is 166 Å². The average Bonchev–Trinajstić information content (AvgIpc) is 0.882. The van der Waals surface area contributed by atoms with Crippen molar-refractivity contribution in [1.82, 2.24) is 0 Å². The summed E-state index contributed by atoms with van der Waals surface area (Å²) in [5, 5.41) is 0. The van der Waals surface area contributed by atoms with Crippen molar-refractivity contribution in [3.8, 4) is 23.0 Å². The van der Waals surface area contributed by atoms with Crippen molar-refractivity contribution < 1.29 is 90.2 Å². The van der Waals surface area contributed by atoms with Gasteiger partial charge >= 0.3 is 23.9 Å². The maximum absolute atomic E-state index is 13.2. The Morgan fingerprint density at radius 3 is 0.796 bits per heavy atom. The van der Waals surface area contributed by atoms with Gasteiger partial charge in [-0.2, -0.15) is 0 Å². The van der Waals surface area contributed by atoms with Crippen LogP contribution < -0.4 is 18.9 Å². The maximum atomic E-state index is 13.2. The lowest BCUT2D eigenvalue weighted by Crippen LogP contribution is -2.40. The molecule has 0 N–H and O–H groups in total. The summed E-state index contributed by atoms with van der Waals surface area (Å²) >= 11 is 0. The molecular weight excluding hydrogens is 1430 g/mol. The van der Waals surface area contributed by atoms with Gasteiger partial charge in [-0.1, -0.05) is 188 Å². The summed E-state index contributed by atoms with van der Waals surface area (Å²) in [4.78, 5) is 52.5. The number of rotatable bonds is 66. The number of esters is 4. The molecule has 632 valence electrons. The van der Waals surface area contributed by atoms with Gasteiger partial charge in [-0.15, -0.1) is 0 Å². The van der Waals surface area contributed by atoms with Crippen LogP contribution in [0.4, 0.5) is 0 Å². The molecule has 0 amide bonds. The fourth-order valence-electron chi connectivity index (χ4n) is 12.0. The normalized spacial score (nSPS) is 15.1. The van der Waals surface area contributed by atoms with Gasteiger partial charge in [-0.3, -0.25) is 0 Å². The minimum Gasteiger partial charge on any atom is -0.493 e. The van der Waals surface area contributed by atoms with Crippen molar-refractivity contribution in [3.63, 3.8) is 0 Å². The Balaban J connectivity index is 1.44. The Kier molecular flexibility index (Phi) is 52.2. The van der Waals surface area contributed by atoms with E-state index in [4.69, 9.17) is 71.1 Å². The number of hydrogen-bond acceptors (Lipinski definition) is 19. The molecular formula is C94H142O19. The highest BCUT2D eigenvalue weighted by Gasteiger charge is 2.32. The minimum atomic E-state index is -0.660. The summed E-state index contributed by atoms with van der Waals surface area (Å²) in [5.74, 6) is 3.07. The zero-order chi connectivity index (χ0) is 82.1. The second-order valence-electron chi connectivity index (χ2n) is 30.0. The number of ether oxygens (including phenoxy) is 15. The Labute approximate surface area is 679 Å². The molecule has 0 saturated heterocycles. The summed E-state index contributed by atoms with van der Waals surface area (Å²) in [6.07, 6.45) is 27.3. The largest absolute Gasteiger partial charge is 0.493 e. The first-order chi connectivity index (χ1) is 54.8. The molecule has 19 heteroatoms. The van der Waals surface area contributed by atoms with Gasteiger partial charge in [-0.05, 0) is 185 Å². The van der Waals surface area contributed by atoms with E-state index in [9.17, 15) is 19.2 Å². The van der Waals surface area contributed by atoms with Crippen LogP contribution in [0.2, 0.25) is 0 Å². The molecule has 0 aliphatic rings. The van der Waals surface area contributed by atoms with E-state index in [0.717, 1.165) is 122 Å². The van der Waals surface area contributed by atoms with E-state index in [1.807, 2.05) is 111 Å². The molecule has 0 saturated carbocycles. The molecule has 19 nitrogen and oxygen atoms in total. The van der Waals surface area contributed by atoms with E-state index in [-0.39, 0.29) is 66.1 Å². The van der Waals surface area contributed by atoms with Crippen LogP contribution in [0.5, 0.6) is 23.0 Å². The van der Waals surface area contributed by atoms with Crippen molar-refractivity contribution in [1.29, 1.82) is 0 Å². The first-order valence-corrected chi connectivity index (χ1v) is 42.4. The number of benzene rings is 4. The Bertz CT molecular complexity index is 3030. The van der Waals surface area contributed by atoms with Gasteiger partial charge < -0.3 is 71.1 Å². The maximum Gasteiger partial charge on any atom is 0.331 e. The van der Waals surface area contributed by atoms with E-state index >= 15 is 0 Å². The molecule has 0 radical (unpaired) electrons. The molecule has 0 aromatic heterocycles. The minimum absolute atomic E-state index is 0.0197. The van der Waals surface area contributed by atoms with Gasteiger partial charge in [0.15, 0.2) is 0 Å². The molecule has 0 heterocycles. The molecule has 0 aliphatic carbocycles. The Hall–Kier alpha value is -7.36. The predicted octanol–water partition coefficient (Wildman–Crippen LogP) is 20.2. The van der Waals surface area contributed by atoms with Gasteiger partial charge in [0.05, 0.1) is 99.1 Å². The zero-order valence-electron chi connectivity index (χ0n) is 71.2. The summed E-state index contributed by atoms with van der Waals surface area (Å²) in [7, 11) is 0. The third-order valence-corrected chi connectivity index (χ3v) is 19.8. The van der Waals surface area contributed by atoms with E-state index in [2.05, 4.69) is 55.4 Å². The summed E-state index contributed by atoms with van der Waals surface area (Å²) < 4.78 is 91.7. The first kappa shape index (κ1) is 98.0. The van der Waals surface area contributed by atoms with Gasteiger partial charge in [0.2, 0.25) is 0 Å². The third-order valence-electron chi connectivity index (χ3n) is 19.8. The fraction of sp³-hybridized carbons (Fsp3) is 0.617.